The Kier molecular flexibility index (Phi) is 6.36. The zero-order valence-electron chi connectivity index (χ0n) is 15.7. The van der Waals surface area contributed by atoms with Crippen LogP contribution >= 0.6 is 0 Å². The molecule has 2 atom stereocenters. The van der Waals surface area contributed by atoms with Crippen molar-refractivity contribution >= 4 is 11.7 Å². The van der Waals surface area contributed by atoms with Crippen molar-refractivity contribution in [3.8, 4) is 0 Å². The molecule has 1 amide bonds. The van der Waals surface area contributed by atoms with Crippen molar-refractivity contribution in [1.29, 1.82) is 0 Å². The van der Waals surface area contributed by atoms with Gasteiger partial charge in [0.2, 0.25) is 0 Å². The fourth-order valence-corrected chi connectivity index (χ4v) is 3.42. The van der Waals surface area contributed by atoms with Crippen molar-refractivity contribution in [2.45, 2.75) is 31.9 Å². The molecule has 7 heteroatoms. The van der Waals surface area contributed by atoms with Gasteiger partial charge in [0, 0.05) is 20.6 Å². The fourth-order valence-electron chi connectivity index (χ4n) is 3.42. The van der Waals surface area contributed by atoms with E-state index in [0.717, 1.165) is 12.0 Å². The van der Waals surface area contributed by atoms with E-state index < -0.39 is 0 Å². The highest BCUT2D eigenvalue weighted by Gasteiger charge is 2.38. The minimum atomic E-state index is -0.173. The molecule has 27 heavy (non-hydrogen) atoms. The second kappa shape index (κ2) is 8.92. The smallest absolute Gasteiger partial charge is 0.272 e. The number of ether oxygens (including phenoxy) is 2. The number of carbonyl (C=O) groups is 2. The Labute approximate surface area is 158 Å². The highest BCUT2D eigenvalue weighted by atomic mass is 16.5. The van der Waals surface area contributed by atoms with Crippen LogP contribution in [0.2, 0.25) is 0 Å². The van der Waals surface area contributed by atoms with Gasteiger partial charge in [0.05, 0.1) is 25.4 Å². The Morgan fingerprint density at radius 2 is 2.04 bits per heavy atom. The fraction of sp³-hybridized carbons (Fsp3) is 0.450. The summed E-state index contributed by atoms with van der Waals surface area (Å²) in [6.07, 6.45) is 1.41. The average molecular weight is 371 g/mol. The Morgan fingerprint density at radius 3 is 2.70 bits per heavy atom. The predicted octanol–water partition coefficient (Wildman–Crippen LogP) is 2.10. The number of benzene rings is 1. The molecule has 144 valence electrons. The second-order valence-corrected chi connectivity index (χ2v) is 6.67. The maximum atomic E-state index is 13.0. The number of Topliss-reactive ketones (excluding diaryl/α,β-unsaturated/α-hetero) is 1. The van der Waals surface area contributed by atoms with Gasteiger partial charge in [-0.15, -0.1) is 0 Å². The third kappa shape index (κ3) is 4.61. The Balaban J connectivity index is 1.78. The molecular formula is C20H25N3O4. The van der Waals surface area contributed by atoms with Crippen LogP contribution in [0.25, 0.3) is 0 Å². The van der Waals surface area contributed by atoms with Crippen molar-refractivity contribution in [2.24, 2.45) is 0 Å². The maximum absolute atomic E-state index is 13.0. The molecule has 0 spiro atoms. The van der Waals surface area contributed by atoms with Crippen LogP contribution in [0.1, 0.15) is 39.9 Å². The molecule has 1 N–H and O–H groups in total. The van der Waals surface area contributed by atoms with Crippen LogP contribution in [-0.2, 0) is 15.9 Å². The number of hydrogen-bond donors (Lipinski definition) is 1. The zero-order chi connectivity index (χ0) is 19.2. The van der Waals surface area contributed by atoms with E-state index in [4.69, 9.17) is 9.47 Å². The average Bonchev–Trinajstić information content (AvgIpc) is 3.30. The Hall–Kier alpha value is -2.51. The molecule has 1 saturated heterocycles. The minimum absolute atomic E-state index is 0.0560. The number of hydrogen-bond acceptors (Lipinski definition) is 5. The van der Waals surface area contributed by atoms with Crippen LogP contribution in [0.15, 0.2) is 36.4 Å². The topological polar surface area (TPSA) is 84.5 Å². The molecule has 0 bridgehead atoms. The van der Waals surface area contributed by atoms with E-state index in [1.54, 1.807) is 7.11 Å². The standard InChI is InChI=1S/C20H25N3O4/c1-14(24)16-13-17(22-21-16)20(25)23-9-8-19(27-11-10-26-2)18(23)12-15-6-4-3-5-7-15/h3-7,13,18-19H,8-12H2,1-2H3,(H,21,22)/t18-,19+/m0/s1. The number of aromatic amines is 1. The predicted molar refractivity (Wildman–Crippen MR) is 99.8 cm³/mol. The van der Waals surface area contributed by atoms with Crippen LogP contribution in [0.5, 0.6) is 0 Å². The van der Waals surface area contributed by atoms with E-state index in [0.29, 0.717) is 31.9 Å². The molecular weight excluding hydrogens is 346 g/mol. The van der Waals surface area contributed by atoms with Crippen molar-refractivity contribution in [3.63, 3.8) is 0 Å². The zero-order valence-corrected chi connectivity index (χ0v) is 15.7. The van der Waals surface area contributed by atoms with Gasteiger partial charge in [0.25, 0.3) is 5.91 Å². The molecule has 1 aromatic heterocycles. The van der Waals surface area contributed by atoms with Gasteiger partial charge in [0.15, 0.2) is 5.78 Å². The molecule has 0 aliphatic carbocycles. The lowest BCUT2D eigenvalue weighted by molar-refractivity contribution is 0.000419. The second-order valence-electron chi connectivity index (χ2n) is 6.67. The first kappa shape index (κ1) is 19.3. The van der Waals surface area contributed by atoms with Crippen LogP contribution < -0.4 is 0 Å². The number of likely N-dealkylation sites (tertiary alicyclic amines) is 1. The molecule has 0 saturated carbocycles. The van der Waals surface area contributed by atoms with E-state index in [2.05, 4.69) is 22.3 Å². The summed E-state index contributed by atoms with van der Waals surface area (Å²) in [4.78, 5) is 26.3. The highest BCUT2D eigenvalue weighted by molar-refractivity contribution is 5.97. The van der Waals surface area contributed by atoms with Crippen molar-refractivity contribution < 1.29 is 19.1 Å². The molecule has 0 radical (unpaired) electrons. The number of carbonyl (C=O) groups excluding carboxylic acids is 2. The van der Waals surface area contributed by atoms with Gasteiger partial charge in [-0.25, -0.2) is 0 Å². The molecule has 0 unspecified atom stereocenters. The van der Waals surface area contributed by atoms with E-state index in [1.165, 1.54) is 13.0 Å². The van der Waals surface area contributed by atoms with E-state index in [-0.39, 0.29) is 29.5 Å². The van der Waals surface area contributed by atoms with Gasteiger partial charge in [-0.1, -0.05) is 30.3 Å². The van der Waals surface area contributed by atoms with Crippen molar-refractivity contribution in [2.75, 3.05) is 26.9 Å². The van der Waals surface area contributed by atoms with Crippen LogP contribution in [0.3, 0.4) is 0 Å². The molecule has 1 fully saturated rings. The number of aromatic nitrogens is 2. The molecule has 2 aromatic rings. The summed E-state index contributed by atoms with van der Waals surface area (Å²) >= 11 is 0. The number of methoxy groups -OCH3 is 1. The first-order valence-electron chi connectivity index (χ1n) is 9.12. The highest BCUT2D eigenvalue weighted by Crippen LogP contribution is 2.26. The number of nitrogens with zero attached hydrogens (tertiary/aromatic N) is 2. The number of rotatable bonds is 8. The van der Waals surface area contributed by atoms with Gasteiger partial charge >= 0.3 is 0 Å². The van der Waals surface area contributed by atoms with Crippen LogP contribution in [0.4, 0.5) is 0 Å². The maximum Gasteiger partial charge on any atom is 0.272 e. The molecule has 2 heterocycles. The third-order valence-corrected chi connectivity index (χ3v) is 4.82. The van der Waals surface area contributed by atoms with Gasteiger partial charge in [-0.3, -0.25) is 14.7 Å². The van der Waals surface area contributed by atoms with Crippen LogP contribution in [-0.4, -0.2) is 65.8 Å². The molecule has 3 rings (SSSR count). The molecule has 1 aromatic carbocycles. The van der Waals surface area contributed by atoms with Crippen molar-refractivity contribution in [3.05, 3.63) is 53.3 Å². The number of amides is 1. The normalized spacial score (nSPS) is 19.4. The minimum Gasteiger partial charge on any atom is -0.382 e. The van der Waals surface area contributed by atoms with Crippen molar-refractivity contribution in [1.82, 2.24) is 15.1 Å². The largest absolute Gasteiger partial charge is 0.382 e. The number of nitrogens with one attached hydrogen (secondary N) is 1. The summed E-state index contributed by atoms with van der Waals surface area (Å²) in [7, 11) is 1.64. The lowest BCUT2D eigenvalue weighted by Crippen LogP contribution is -2.42. The molecule has 7 nitrogen and oxygen atoms in total. The first-order chi connectivity index (χ1) is 13.1. The lowest BCUT2D eigenvalue weighted by Gasteiger charge is -2.28. The van der Waals surface area contributed by atoms with Crippen LogP contribution in [0, 0.1) is 0 Å². The summed E-state index contributed by atoms with van der Waals surface area (Å²) < 4.78 is 11.1. The SMILES string of the molecule is COCCO[C@@H]1CCN(C(=O)c2cc(C(C)=O)n[nH]2)[C@H]1Cc1ccccc1. The summed E-state index contributed by atoms with van der Waals surface area (Å²) in [5, 5.41) is 6.62. The Morgan fingerprint density at radius 1 is 1.26 bits per heavy atom. The molecule has 1 aliphatic rings. The van der Waals surface area contributed by atoms with Gasteiger partial charge in [0.1, 0.15) is 11.4 Å². The van der Waals surface area contributed by atoms with E-state index in [1.807, 2.05) is 23.1 Å². The summed E-state index contributed by atoms with van der Waals surface area (Å²) in [6.45, 7) is 3.04. The summed E-state index contributed by atoms with van der Waals surface area (Å²) in [6, 6.07) is 11.5. The number of H-pyrrole nitrogens is 1. The van der Waals surface area contributed by atoms with Gasteiger partial charge < -0.3 is 14.4 Å². The van der Waals surface area contributed by atoms with Gasteiger partial charge in [-0.2, -0.15) is 5.10 Å². The van der Waals surface area contributed by atoms with Gasteiger partial charge in [-0.05, 0) is 24.5 Å². The lowest BCUT2D eigenvalue weighted by atomic mass is 10.0. The summed E-state index contributed by atoms with van der Waals surface area (Å²) in [5.41, 5.74) is 1.75. The Bertz CT molecular complexity index is 775. The quantitative estimate of drug-likeness (QED) is 0.567. The summed E-state index contributed by atoms with van der Waals surface area (Å²) in [5.74, 6) is -0.331. The molecule has 1 aliphatic heterocycles. The van der Waals surface area contributed by atoms with E-state index >= 15 is 0 Å². The van der Waals surface area contributed by atoms with E-state index in [9.17, 15) is 9.59 Å². The third-order valence-electron chi connectivity index (χ3n) is 4.82. The number of ketones is 1. The monoisotopic (exact) mass is 371 g/mol. The first-order valence-corrected chi connectivity index (χ1v) is 9.12.